The molecule has 0 saturated carbocycles. The number of nitrogens with zero attached hydrogens (tertiary/aromatic N) is 4. The van der Waals surface area contributed by atoms with E-state index in [1.54, 1.807) is 18.6 Å². The Balaban J connectivity index is 1.41. The number of aromatic nitrogens is 3. The standard InChI is InChI=1S/C24H25ClN6O/c1-3-23(32)31-8-7-21(9-16(31)2)29-22-10-17(12-26-15-22)18-13-27-24(28-14-18)30-20-6-4-5-19(25)11-20/h3-6,10-16,21,29H,1,7-9H2,2H3,(H,27,28,30). The van der Waals surface area contributed by atoms with E-state index in [1.807, 2.05) is 41.4 Å². The molecule has 1 aromatic carbocycles. The van der Waals surface area contributed by atoms with Crippen molar-refractivity contribution in [2.24, 2.45) is 0 Å². The van der Waals surface area contributed by atoms with Crippen molar-refractivity contribution in [3.63, 3.8) is 0 Å². The van der Waals surface area contributed by atoms with Gasteiger partial charge in [0.15, 0.2) is 0 Å². The zero-order valence-corrected chi connectivity index (χ0v) is 18.6. The molecule has 8 heteroatoms. The van der Waals surface area contributed by atoms with Gasteiger partial charge in [0, 0.05) is 65.3 Å². The van der Waals surface area contributed by atoms with Crippen molar-refractivity contribution >= 4 is 34.8 Å². The van der Waals surface area contributed by atoms with Crippen LogP contribution < -0.4 is 10.6 Å². The number of piperidine rings is 1. The maximum atomic E-state index is 11.9. The minimum absolute atomic E-state index is 0.00656. The monoisotopic (exact) mass is 448 g/mol. The Morgan fingerprint density at radius 2 is 1.97 bits per heavy atom. The van der Waals surface area contributed by atoms with Gasteiger partial charge in [-0.25, -0.2) is 9.97 Å². The van der Waals surface area contributed by atoms with E-state index >= 15 is 0 Å². The molecule has 1 fully saturated rings. The van der Waals surface area contributed by atoms with Gasteiger partial charge in [-0.1, -0.05) is 24.2 Å². The quantitative estimate of drug-likeness (QED) is 0.521. The molecule has 0 aliphatic carbocycles. The fourth-order valence-corrected chi connectivity index (χ4v) is 4.09. The number of amides is 1. The van der Waals surface area contributed by atoms with Crippen molar-refractivity contribution in [1.82, 2.24) is 19.9 Å². The van der Waals surface area contributed by atoms with Gasteiger partial charge < -0.3 is 15.5 Å². The summed E-state index contributed by atoms with van der Waals surface area (Å²) in [4.78, 5) is 27.0. The molecule has 3 aromatic rings. The van der Waals surface area contributed by atoms with E-state index in [0.29, 0.717) is 17.5 Å². The van der Waals surface area contributed by atoms with Gasteiger partial charge in [-0.2, -0.15) is 0 Å². The van der Waals surface area contributed by atoms with Crippen LogP contribution in [-0.2, 0) is 4.79 Å². The van der Waals surface area contributed by atoms with Crippen LogP contribution in [0, 0.1) is 0 Å². The van der Waals surface area contributed by atoms with Crippen LogP contribution in [0.3, 0.4) is 0 Å². The van der Waals surface area contributed by atoms with Crippen LogP contribution in [0.2, 0.25) is 5.02 Å². The summed E-state index contributed by atoms with van der Waals surface area (Å²) in [7, 11) is 0. The number of halogens is 1. The van der Waals surface area contributed by atoms with E-state index in [0.717, 1.165) is 35.3 Å². The molecule has 0 radical (unpaired) electrons. The van der Waals surface area contributed by atoms with Crippen molar-refractivity contribution in [3.8, 4) is 11.1 Å². The van der Waals surface area contributed by atoms with Crippen LogP contribution in [0.1, 0.15) is 19.8 Å². The Morgan fingerprint density at radius 1 is 1.16 bits per heavy atom. The molecule has 2 unspecified atom stereocenters. The highest BCUT2D eigenvalue weighted by molar-refractivity contribution is 6.30. The smallest absolute Gasteiger partial charge is 0.246 e. The molecule has 1 aliphatic rings. The summed E-state index contributed by atoms with van der Waals surface area (Å²) in [6.45, 7) is 6.37. The Kier molecular flexibility index (Phi) is 6.66. The number of rotatable bonds is 6. The predicted molar refractivity (Wildman–Crippen MR) is 128 cm³/mol. The molecule has 1 amide bonds. The van der Waals surface area contributed by atoms with E-state index in [4.69, 9.17) is 11.6 Å². The van der Waals surface area contributed by atoms with Gasteiger partial charge in [-0.3, -0.25) is 9.78 Å². The molecule has 1 saturated heterocycles. The first-order valence-electron chi connectivity index (χ1n) is 10.5. The fraction of sp³-hybridized carbons (Fsp3) is 0.250. The minimum atomic E-state index is -0.00656. The lowest BCUT2D eigenvalue weighted by atomic mass is 9.97. The molecular formula is C24H25ClN6O. The molecule has 2 N–H and O–H groups in total. The number of benzene rings is 1. The zero-order valence-electron chi connectivity index (χ0n) is 17.8. The van der Waals surface area contributed by atoms with Gasteiger partial charge in [-0.05, 0) is 50.1 Å². The summed E-state index contributed by atoms with van der Waals surface area (Å²) < 4.78 is 0. The van der Waals surface area contributed by atoms with Crippen LogP contribution >= 0.6 is 11.6 Å². The first-order chi connectivity index (χ1) is 15.5. The highest BCUT2D eigenvalue weighted by Crippen LogP contribution is 2.25. The lowest BCUT2D eigenvalue weighted by Crippen LogP contribution is -2.47. The summed E-state index contributed by atoms with van der Waals surface area (Å²) in [6, 6.07) is 9.88. The second-order valence-corrected chi connectivity index (χ2v) is 8.28. The molecule has 0 bridgehead atoms. The van der Waals surface area contributed by atoms with Gasteiger partial charge in [0.05, 0.1) is 5.69 Å². The predicted octanol–water partition coefficient (Wildman–Crippen LogP) is 4.91. The molecular weight excluding hydrogens is 424 g/mol. The molecule has 2 aromatic heterocycles. The van der Waals surface area contributed by atoms with Crippen molar-refractivity contribution in [1.29, 1.82) is 0 Å². The average Bonchev–Trinajstić information content (AvgIpc) is 2.79. The summed E-state index contributed by atoms with van der Waals surface area (Å²) in [5.74, 6) is 0.487. The van der Waals surface area contributed by atoms with E-state index in [2.05, 4.69) is 39.1 Å². The maximum absolute atomic E-state index is 11.9. The number of nitrogens with one attached hydrogen (secondary N) is 2. The van der Waals surface area contributed by atoms with Gasteiger partial charge in [0.2, 0.25) is 11.9 Å². The first-order valence-corrected chi connectivity index (χ1v) is 10.9. The van der Waals surface area contributed by atoms with E-state index in [9.17, 15) is 4.79 Å². The number of hydrogen-bond acceptors (Lipinski definition) is 6. The van der Waals surface area contributed by atoms with E-state index in [-0.39, 0.29) is 18.0 Å². The number of anilines is 3. The van der Waals surface area contributed by atoms with Gasteiger partial charge in [0.25, 0.3) is 0 Å². The minimum Gasteiger partial charge on any atom is -0.381 e. The van der Waals surface area contributed by atoms with Crippen LogP contribution in [0.25, 0.3) is 11.1 Å². The molecule has 0 spiro atoms. The van der Waals surface area contributed by atoms with Gasteiger partial charge >= 0.3 is 0 Å². The Labute approximate surface area is 192 Å². The largest absolute Gasteiger partial charge is 0.381 e. The van der Waals surface area contributed by atoms with Crippen LogP contribution in [0.5, 0.6) is 0 Å². The summed E-state index contributed by atoms with van der Waals surface area (Å²) in [5, 5.41) is 7.34. The molecule has 1 aliphatic heterocycles. The Hall–Kier alpha value is -3.45. The first kappa shape index (κ1) is 21.8. The molecule has 32 heavy (non-hydrogen) atoms. The number of likely N-dealkylation sites (tertiary alicyclic amines) is 1. The summed E-state index contributed by atoms with van der Waals surface area (Å²) in [5.41, 5.74) is 3.56. The highest BCUT2D eigenvalue weighted by atomic mass is 35.5. The SMILES string of the molecule is C=CC(=O)N1CCC(Nc2cncc(-c3cnc(Nc4cccc(Cl)c4)nc3)c2)CC1C. The van der Waals surface area contributed by atoms with Crippen molar-refractivity contribution < 1.29 is 4.79 Å². The molecule has 2 atom stereocenters. The van der Waals surface area contributed by atoms with Crippen LogP contribution in [0.15, 0.2) is 67.8 Å². The molecule has 7 nitrogen and oxygen atoms in total. The third-order valence-electron chi connectivity index (χ3n) is 5.51. The van der Waals surface area contributed by atoms with Crippen molar-refractivity contribution in [2.75, 3.05) is 17.2 Å². The normalized spacial score (nSPS) is 18.1. The van der Waals surface area contributed by atoms with Crippen molar-refractivity contribution in [2.45, 2.75) is 31.8 Å². The summed E-state index contributed by atoms with van der Waals surface area (Å²) >= 11 is 6.02. The highest BCUT2D eigenvalue weighted by Gasteiger charge is 2.27. The summed E-state index contributed by atoms with van der Waals surface area (Å²) in [6.07, 6.45) is 10.3. The van der Waals surface area contributed by atoms with Crippen LogP contribution in [0.4, 0.5) is 17.3 Å². The van der Waals surface area contributed by atoms with Crippen molar-refractivity contribution in [3.05, 3.63) is 72.8 Å². The Bertz CT molecular complexity index is 1100. The molecule has 4 rings (SSSR count). The van der Waals surface area contributed by atoms with Gasteiger partial charge in [-0.15, -0.1) is 0 Å². The lowest BCUT2D eigenvalue weighted by molar-refractivity contribution is -0.129. The third-order valence-corrected chi connectivity index (χ3v) is 5.74. The van der Waals surface area contributed by atoms with E-state index in [1.165, 1.54) is 6.08 Å². The second-order valence-electron chi connectivity index (χ2n) is 7.84. The average molecular weight is 449 g/mol. The fourth-order valence-electron chi connectivity index (χ4n) is 3.90. The number of pyridine rings is 1. The van der Waals surface area contributed by atoms with E-state index < -0.39 is 0 Å². The zero-order chi connectivity index (χ0) is 22.5. The third kappa shape index (κ3) is 5.23. The number of hydrogen-bond donors (Lipinski definition) is 2. The number of carbonyl (C=O) groups is 1. The van der Waals surface area contributed by atoms with Crippen LogP contribution in [-0.4, -0.2) is 44.4 Å². The Morgan fingerprint density at radius 3 is 2.69 bits per heavy atom. The second kappa shape index (κ2) is 9.78. The molecule has 3 heterocycles. The van der Waals surface area contributed by atoms with Gasteiger partial charge in [0.1, 0.15) is 0 Å². The maximum Gasteiger partial charge on any atom is 0.246 e. The molecule has 164 valence electrons. The topological polar surface area (TPSA) is 83.0 Å². The lowest BCUT2D eigenvalue weighted by Gasteiger charge is -2.37. The number of carbonyl (C=O) groups excluding carboxylic acids is 1.